The van der Waals surface area contributed by atoms with Gasteiger partial charge in [0.1, 0.15) is 22.2 Å². The van der Waals surface area contributed by atoms with Crippen LogP contribution in [0.4, 0.5) is 5.69 Å². The number of primary sulfonamides is 1. The van der Waals surface area contributed by atoms with Gasteiger partial charge in [0.15, 0.2) is 0 Å². The molecule has 3 N–H and O–H groups in total. The van der Waals surface area contributed by atoms with Crippen molar-refractivity contribution in [3.8, 4) is 17.3 Å². The van der Waals surface area contributed by atoms with E-state index in [1.54, 1.807) is 23.6 Å². The van der Waals surface area contributed by atoms with Crippen LogP contribution in [0, 0.1) is 11.3 Å². The van der Waals surface area contributed by atoms with Crippen LogP contribution in [0.3, 0.4) is 0 Å². The molecule has 0 atom stereocenters. The minimum atomic E-state index is -3.78. The van der Waals surface area contributed by atoms with Crippen LogP contribution >= 0.6 is 27.3 Å². The topological polar surface area (TPSA) is 139 Å². The van der Waals surface area contributed by atoms with E-state index in [2.05, 4.69) is 32.3 Å². The molecular formula is C21H13BrN4O4S2. The van der Waals surface area contributed by atoms with Crippen LogP contribution in [-0.2, 0) is 10.0 Å². The molecule has 0 spiro atoms. The number of nitrogens with zero attached hydrogens (tertiary/aromatic N) is 2. The number of fused-ring (bicyclic) bond motifs is 1. The smallest absolute Gasteiger partial charge is 0.345 e. The van der Waals surface area contributed by atoms with Crippen molar-refractivity contribution in [2.24, 2.45) is 5.14 Å². The molecule has 0 saturated heterocycles. The van der Waals surface area contributed by atoms with Crippen molar-refractivity contribution >= 4 is 59.5 Å². The van der Waals surface area contributed by atoms with Gasteiger partial charge in [0.2, 0.25) is 10.0 Å². The number of halogens is 1. The van der Waals surface area contributed by atoms with Crippen molar-refractivity contribution in [1.82, 2.24) is 4.98 Å². The summed E-state index contributed by atoms with van der Waals surface area (Å²) < 4.78 is 28.9. The maximum atomic E-state index is 12.4. The lowest BCUT2D eigenvalue weighted by Gasteiger charge is -2.03. The number of allylic oxidation sites excluding steroid dienone is 1. The van der Waals surface area contributed by atoms with E-state index in [1.165, 1.54) is 41.8 Å². The molecule has 4 aromatic rings. The van der Waals surface area contributed by atoms with Gasteiger partial charge in [-0.05, 0) is 48.5 Å². The molecule has 0 bridgehead atoms. The molecule has 4 rings (SSSR count). The van der Waals surface area contributed by atoms with E-state index in [4.69, 9.17) is 9.56 Å². The number of hydrogen-bond donors (Lipinski definition) is 2. The molecule has 0 unspecified atom stereocenters. The maximum Gasteiger partial charge on any atom is 0.345 e. The van der Waals surface area contributed by atoms with Crippen LogP contribution in [0.1, 0.15) is 5.01 Å². The lowest BCUT2D eigenvalue weighted by Crippen LogP contribution is -2.11. The normalized spacial score (nSPS) is 12.0. The predicted octanol–water partition coefficient (Wildman–Crippen LogP) is 4.30. The SMILES string of the molecule is N#CC(=CNc1ccc(S(N)(=O)=O)cc1)c1nc(-c2cc3cc(Br)ccc3oc2=O)cs1. The first-order valence-corrected chi connectivity index (χ1v) is 12.2. The van der Waals surface area contributed by atoms with Crippen molar-refractivity contribution in [2.75, 3.05) is 5.32 Å². The molecule has 2 aromatic heterocycles. The molecule has 0 fully saturated rings. The van der Waals surface area contributed by atoms with Crippen molar-refractivity contribution in [1.29, 1.82) is 5.26 Å². The fraction of sp³-hybridized carbons (Fsp3) is 0. The van der Waals surface area contributed by atoms with Crippen LogP contribution in [0.15, 0.2) is 78.7 Å². The zero-order valence-corrected chi connectivity index (χ0v) is 19.3. The molecule has 0 aliphatic rings. The Morgan fingerprint density at radius 1 is 1.22 bits per heavy atom. The third-order valence-electron chi connectivity index (χ3n) is 4.39. The second kappa shape index (κ2) is 8.68. The summed E-state index contributed by atoms with van der Waals surface area (Å²) in [4.78, 5) is 16.8. The average molecular weight is 529 g/mol. The van der Waals surface area contributed by atoms with Crippen LogP contribution in [0.25, 0.3) is 27.8 Å². The number of rotatable bonds is 5. The van der Waals surface area contributed by atoms with Crippen molar-refractivity contribution in [2.45, 2.75) is 4.90 Å². The molecule has 32 heavy (non-hydrogen) atoms. The Morgan fingerprint density at radius 2 is 1.97 bits per heavy atom. The van der Waals surface area contributed by atoms with Crippen LogP contribution in [-0.4, -0.2) is 13.4 Å². The highest BCUT2D eigenvalue weighted by atomic mass is 79.9. The number of anilines is 1. The molecule has 0 aliphatic heterocycles. The number of sulfonamides is 1. The number of benzene rings is 2. The van der Waals surface area contributed by atoms with E-state index < -0.39 is 15.6 Å². The Labute approximate surface area is 194 Å². The quantitative estimate of drug-likeness (QED) is 0.290. The summed E-state index contributed by atoms with van der Waals surface area (Å²) in [6.45, 7) is 0. The second-order valence-corrected chi connectivity index (χ2v) is 9.89. The third-order valence-corrected chi connectivity index (χ3v) is 6.69. The second-order valence-electron chi connectivity index (χ2n) is 6.55. The number of thiazole rings is 1. The van der Waals surface area contributed by atoms with E-state index in [0.717, 1.165) is 9.86 Å². The molecule has 0 aliphatic carbocycles. The third kappa shape index (κ3) is 4.63. The first-order chi connectivity index (χ1) is 15.2. The molecule has 2 aromatic carbocycles. The highest BCUT2D eigenvalue weighted by Gasteiger charge is 2.14. The number of nitriles is 1. The molecule has 160 valence electrons. The van der Waals surface area contributed by atoms with Crippen LogP contribution < -0.4 is 16.1 Å². The van der Waals surface area contributed by atoms with Gasteiger partial charge in [-0.15, -0.1) is 11.3 Å². The summed E-state index contributed by atoms with van der Waals surface area (Å²) in [5, 5.41) is 20.4. The van der Waals surface area contributed by atoms with E-state index in [-0.39, 0.29) is 10.5 Å². The van der Waals surface area contributed by atoms with E-state index in [9.17, 15) is 18.5 Å². The molecule has 11 heteroatoms. The fourth-order valence-electron chi connectivity index (χ4n) is 2.83. The van der Waals surface area contributed by atoms with Gasteiger partial charge in [0.05, 0.1) is 16.2 Å². The lowest BCUT2D eigenvalue weighted by molar-refractivity contribution is 0.563. The molecule has 0 radical (unpaired) electrons. The summed E-state index contributed by atoms with van der Waals surface area (Å²) in [5.74, 6) is 0. The highest BCUT2D eigenvalue weighted by molar-refractivity contribution is 9.10. The Bertz CT molecular complexity index is 1570. The fourth-order valence-corrected chi connectivity index (χ4v) is 4.51. The van der Waals surface area contributed by atoms with Gasteiger partial charge < -0.3 is 9.73 Å². The summed E-state index contributed by atoms with van der Waals surface area (Å²) in [6, 6.07) is 14.8. The minimum absolute atomic E-state index is 0.0154. The van der Waals surface area contributed by atoms with Gasteiger partial charge in [0, 0.05) is 27.1 Å². The summed E-state index contributed by atoms with van der Waals surface area (Å²) in [6.07, 6.45) is 1.45. The van der Waals surface area contributed by atoms with Gasteiger partial charge in [-0.25, -0.2) is 23.3 Å². The number of nitrogens with one attached hydrogen (secondary N) is 1. The number of hydrogen-bond acceptors (Lipinski definition) is 8. The predicted molar refractivity (Wildman–Crippen MR) is 126 cm³/mol. The average Bonchev–Trinajstić information content (AvgIpc) is 3.23. The Hall–Kier alpha value is -3.30. The Morgan fingerprint density at radius 3 is 2.66 bits per heavy atom. The van der Waals surface area contributed by atoms with Crippen molar-refractivity contribution < 1.29 is 12.8 Å². The van der Waals surface area contributed by atoms with E-state index in [1.807, 2.05) is 6.07 Å². The van der Waals surface area contributed by atoms with E-state index >= 15 is 0 Å². The van der Waals surface area contributed by atoms with Gasteiger partial charge in [-0.3, -0.25) is 0 Å². The number of nitrogens with two attached hydrogens (primary N) is 1. The van der Waals surface area contributed by atoms with Crippen LogP contribution in [0.5, 0.6) is 0 Å². The van der Waals surface area contributed by atoms with Crippen molar-refractivity contribution in [3.05, 3.63) is 80.0 Å². The van der Waals surface area contributed by atoms with Gasteiger partial charge in [-0.2, -0.15) is 5.26 Å². The van der Waals surface area contributed by atoms with Gasteiger partial charge in [0.25, 0.3) is 0 Å². The Balaban J connectivity index is 1.62. The molecule has 2 heterocycles. The zero-order chi connectivity index (χ0) is 22.9. The van der Waals surface area contributed by atoms with Gasteiger partial charge in [-0.1, -0.05) is 15.9 Å². The molecular weight excluding hydrogens is 516 g/mol. The molecule has 0 saturated carbocycles. The standard InChI is InChI=1S/C21H13BrN4O4S2/c22-14-1-6-19-12(7-14)8-17(21(27)30-19)18-11-31-20(26-18)13(9-23)10-25-15-2-4-16(5-3-15)32(24,28)29/h1-8,10-11,25H,(H2,24,28,29). The minimum Gasteiger partial charge on any atom is -0.422 e. The van der Waals surface area contributed by atoms with Crippen molar-refractivity contribution in [3.63, 3.8) is 0 Å². The summed E-state index contributed by atoms with van der Waals surface area (Å²) >= 11 is 4.60. The Kier molecular flexibility index (Phi) is 5.94. The molecule has 0 amide bonds. The lowest BCUT2D eigenvalue weighted by atomic mass is 10.1. The summed E-state index contributed by atoms with van der Waals surface area (Å²) in [5.41, 5.74) is 1.44. The van der Waals surface area contributed by atoms with E-state index in [0.29, 0.717) is 27.5 Å². The number of aromatic nitrogens is 1. The first kappa shape index (κ1) is 21.9. The zero-order valence-electron chi connectivity index (χ0n) is 16.1. The van der Waals surface area contributed by atoms with Gasteiger partial charge >= 0.3 is 5.63 Å². The largest absolute Gasteiger partial charge is 0.422 e. The highest BCUT2D eigenvalue weighted by Crippen LogP contribution is 2.27. The molecule has 8 nitrogen and oxygen atoms in total. The maximum absolute atomic E-state index is 12.4. The summed E-state index contributed by atoms with van der Waals surface area (Å²) in [7, 11) is -3.78. The first-order valence-electron chi connectivity index (χ1n) is 8.94. The monoisotopic (exact) mass is 528 g/mol. The van der Waals surface area contributed by atoms with Crippen LogP contribution in [0.2, 0.25) is 0 Å².